The average molecular weight is 222 g/mol. The standard InChI is InChI=1S/C13H22N2O/c1-4-6-14-9-12-5-7-15-13(8-12)16-10-11(2)3/h5,7-8,11,14H,4,6,9-10H2,1-3H3. The molecule has 0 unspecified atom stereocenters. The van der Waals surface area contributed by atoms with Crippen molar-refractivity contribution in [2.24, 2.45) is 5.92 Å². The van der Waals surface area contributed by atoms with Crippen LogP contribution in [0.4, 0.5) is 0 Å². The Bertz CT molecular complexity index is 300. The number of nitrogens with one attached hydrogen (secondary N) is 1. The van der Waals surface area contributed by atoms with E-state index in [0.29, 0.717) is 5.92 Å². The molecule has 0 saturated heterocycles. The number of hydrogen-bond acceptors (Lipinski definition) is 3. The van der Waals surface area contributed by atoms with E-state index in [1.807, 2.05) is 12.1 Å². The Morgan fingerprint density at radius 1 is 1.44 bits per heavy atom. The molecule has 0 radical (unpaired) electrons. The summed E-state index contributed by atoms with van der Waals surface area (Å²) in [5.74, 6) is 1.26. The third-order valence-electron chi connectivity index (χ3n) is 2.12. The fourth-order valence-corrected chi connectivity index (χ4v) is 1.30. The second kappa shape index (κ2) is 7.23. The van der Waals surface area contributed by atoms with Crippen LogP contribution >= 0.6 is 0 Å². The van der Waals surface area contributed by atoms with Crippen molar-refractivity contribution in [1.29, 1.82) is 0 Å². The van der Waals surface area contributed by atoms with Crippen molar-refractivity contribution in [3.63, 3.8) is 0 Å². The van der Waals surface area contributed by atoms with Gasteiger partial charge < -0.3 is 10.1 Å². The Labute approximate surface area is 98.2 Å². The molecule has 0 saturated carbocycles. The largest absolute Gasteiger partial charge is 0.477 e. The summed E-state index contributed by atoms with van der Waals surface area (Å²) in [5, 5.41) is 3.36. The molecule has 0 aliphatic carbocycles. The van der Waals surface area contributed by atoms with Crippen LogP contribution < -0.4 is 10.1 Å². The van der Waals surface area contributed by atoms with Gasteiger partial charge in [-0.1, -0.05) is 20.8 Å². The molecule has 1 aromatic rings. The molecule has 0 aliphatic heterocycles. The first-order valence-corrected chi connectivity index (χ1v) is 6.00. The molecule has 3 heteroatoms. The van der Waals surface area contributed by atoms with E-state index in [4.69, 9.17) is 4.74 Å². The van der Waals surface area contributed by atoms with E-state index in [0.717, 1.165) is 32.0 Å². The molecular formula is C13H22N2O. The van der Waals surface area contributed by atoms with Gasteiger partial charge in [0.1, 0.15) is 0 Å². The summed E-state index contributed by atoms with van der Waals surface area (Å²) < 4.78 is 5.58. The molecule has 1 heterocycles. The second-order valence-corrected chi connectivity index (χ2v) is 4.38. The van der Waals surface area contributed by atoms with Crippen molar-refractivity contribution < 1.29 is 4.74 Å². The first-order valence-electron chi connectivity index (χ1n) is 6.00. The van der Waals surface area contributed by atoms with Crippen LogP contribution in [0.3, 0.4) is 0 Å². The highest BCUT2D eigenvalue weighted by Gasteiger charge is 2.00. The number of rotatable bonds is 7. The Balaban J connectivity index is 2.43. The molecule has 0 aromatic carbocycles. The fraction of sp³-hybridized carbons (Fsp3) is 0.615. The highest BCUT2D eigenvalue weighted by molar-refractivity contribution is 5.20. The first kappa shape index (κ1) is 13.0. The second-order valence-electron chi connectivity index (χ2n) is 4.38. The quantitative estimate of drug-likeness (QED) is 0.720. The zero-order chi connectivity index (χ0) is 11.8. The molecule has 0 spiro atoms. The van der Waals surface area contributed by atoms with Gasteiger partial charge in [0.25, 0.3) is 0 Å². The van der Waals surface area contributed by atoms with E-state index in [1.54, 1.807) is 6.20 Å². The highest BCUT2D eigenvalue weighted by atomic mass is 16.5. The maximum atomic E-state index is 5.58. The summed E-state index contributed by atoms with van der Waals surface area (Å²) in [4.78, 5) is 4.19. The lowest BCUT2D eigenvalue weighted by molar-refractivity contribution is 0.261. The SMILES string of the molecule is CCCNCc1ccnc(OCC(C)C)c1. The maximum absolute atomic E-state index is 5.58. The summed E-state index contributed by atoms with van der Waals surface area (Å²) in [6.07, 6.45) is 2.96. The molecule has 3 nitrogen and oxygen atoms in total. The molecule has 1 aromatic heterocycles. The van der Waals surface area contributed by atoms with Crippen LogP contribution in [0, 0.1) is 5.92 Å². The number of ether oxygens (including phenoxy) is 1. The number of aromatic nitrogens is 1. The van der Waals surface area contributed by atoms with E-state index in [-0.39, 0.29) is 0 Å². The van der Waals surface area contributed by atoms with Crippen molar-refractivity contribution in [3.05, 3.63) is 23.9 Å². The van der Waals surface area contributed by atoms with Crippen molar-refractivity contribution in [3.8, 4) is 5.88 Å². The van der Waals surface area contributed by atoms with Crippen LogP contribution in [0.1, 0.15) is 32.8 Å². The topological polar surface area (TPSA) is 34.2 Å². The minimum Gasteiger partial charge on any atom is -0.477 e. The van der Waals surface area contributed by atoms with Gasteiger partial charge in [0.2, 0.25) is 5.88 Å². The molecule has 16 heavy (non-hydrogen) atoms. The van der Waals surface area contributed by atoms with Gasteiger partial charge in [0.15, 0.2) is 0 Å². The van der Waals surface area contributed by atoms with Crippen LogP contribution in [0.5, 0.6) is 5.88 Å². The van der Waals surface area contributed by atoms with Gasteiger partial charge in [-0.3, -0.25) is 0 Å². The molecule has 90 valence electrons. The van der Waals surface area contributed by atoms with Gasteiger partial charge >= 0.3 is 0 Å². The summed E-state index contributed by atoms with van der Waals surface area (Å²) in [5.41, 5.74) is 1.22. The first-order chi connectivity index (χ1) is 7.72. The van der Waals surface area contributed by atoms with Crippen molar-refractivity contribution >= 4 is 0 Å². The predicted molar refractivity (Wildman–Crippen MR) is 66.6 cm³/mol. The van der Waals surface area contributed by atoms with E-state index < -0.39 is 0 Å². The molecule has 1 rings (SSSR count). The number of pyridine rings is 1. The van der Waals surface area contributed by atoms with Gasteiger partial charge in [-0.05, 0) is 30.5 Å². The molecule has 0 fully saturated rings. The van der Waals surface area contributed by atoms with E-state index in [2.05, 4.69) is 31.1 Å². The van der Waals surface area contributed by atoms with Crippen LogP contribution in [0.25, 0.3) is 0 Å². The minimum atomic E-state index is 0.531. The average Bonchev–Trinajstić information content (AvgIpc) is 2.27. The summed E-state index contributed by atoms with van der Waals surface area (Å²) in [6, 6.07) is 4.02. The van der Waals surface area contributed by atoms with Crippen LogP contribution in [0.2, 0.25) is 0 Å². The van der Waals surface area contributed by atoms with E-state index in [1.165, 1.54) is 5.56 Å². The lowest BCUT2D eigenvalue weighted by atomic mass is 10.2. The third-order valence-corrected chi connectivity index (χ3v) is 2.12. The lowest BCUT2D eigenvalue weighted by Crippen LogP contribution is -2.14. The van der Waals surface area contributed by atoms with Crippen molar-refractivity contribution in [2.75, 3.05) is 13.2 Å². The van der Waals surface area contributed by atoms with Gasteiger partial charge in [-0.2, -0.15) is 0 Å². The summed E-state index contributed by atoms with van der Waals surface area (Å²) in [6.45, 7) is 9.08. The molecule has 0 aliphatic rings. The number of hydrogen-bond donors (Lipinski definition) is 1. The monoisotopic (exact) mass is 222 g/mol. The molecule has 0 atom stereocenters. The highest BCUT2D eigenvalue weighted by Crippen LogP contribution is 2.10. The van der Waals surface area contributed by atoms with E-state index >= 15 is 0 Å². The molecular weight excluding hydrogens is 200 g/mol. The Kier molecular flexibility index (Phi) is 5.86. The summed E-state index contributed by atoms with van der Waals surface area (Å²) >= 11 is 0. The Morgan fingerprint density at radius 3 is 2.94 bits per heavy atom. The zero-order valence-corrected chi connectivity index (χ0v) is 10.5. The third kappa shape index (κ3) is 5.12. The Morgan fingerprint density at radius 2 is 2.25 bits per heavy atom. The van der Waals surface area contributed by atoms with Gasteiger partial charge in [-0.25, -0.2) is 4.98 Å². The molecule has 0 bridgehead atoms. The predicted octanol–water partition coefficient (Wildman–Crippen LogP) is 2.62. The fourth-order valence-electron chi connectivity index (χ4n) is 1.30. The van der Waals surface area contributed by atoms with Gasteiger partial charge in [0.05, 0.1) is 6.61 Å². The molecule has 0 amide bonds. The summed E-state index contributed by atoms with van der Waals surface area (Å²) in [7, 11) is 0. The van der Waals surface area contributed by atoms with E-state index in [9.17, 15) is 0 Å². The number of nitrogens with zero attached hydrogens (tertiary/aromatic N) is 1. The normalized spacial score (nSPS) is 10.8. The lowest BCUT2D eigenvalue weighted by Gasteiger charge is -2.09. The van der Waals surface area contributed by atoms with Crippen molar-refractivity contribution in [2.45, 2.75) is 33.7 Å². The van der Waals surface area contributed by atoms with Crippen LogP contribution in [-0.4, -0.2) is 18.1 Å². The van der Waals surface area contributed by atoms with Crippen LogP contribution in [-0.2, 0) is 6.54 Å². The van der Waals surface area contributed by atoms with Crippen LogP contribution in [0.15, 0.2) is 18.3 Å². The minimum absolute atomic E-state index is 0.531. The molecule has 1 N–H and O–H groups in total. The van der Waals surface area contributed by atoms with Gasteiger partial charge in [0, 0.05) is 18.8 Å². The zero-order valence-electron chi connectivity index (χ0n) is 10.5. The van der Waals surface area contributed by atoms with Crippen molar-refractivity contribution in [1.82, 2.24) is 10.3 Å². The Hall–Kier alpha value is -1.09. The maximum Gasteiger partial charge on any atom is 0.213 e. The smallest absolute Gasteiger partial charge is 0.213 e. The van der Waals surface area contributed by atoms with Gasteiger partial charge in [-0.15, -0.1) is 0 Å².